The van der Waals surface area contributed by atoms with E-state index in [2.05, 4.69) is 33.2 Å². The third-order valence-corrected chi connectivity index (χ3v) is 3.27. The Morgan fingerprint density at radius 3 is 2.79 bits per heavy atom. The van der Waals surface area contributed by atoms with Crippen molar-refractivity contribution in [3.8, 4) is 0 Å². The summed E-state index contributed by atoms with van der Waals surface area (Å²) in [6, 6.07) is 7.22. The van der Waals surface area contributed by atoms with Crippen LogP contribution in [0.4, 0.5) is 10.5 Å². The zero-order valence-electron chi connectivity index (χ0n) is 10.6. The van der Waals surface area contributed by atoms with E-state index >= 15 is 0 Å². The highest BCUT2D eigenvalue weighted by molar-refractivity contribution is 14.1. The van der Waals surface area contributed by atoms with Gasteiger partial charge in [0.25, 0.3) is 0 Å². The molecule has 0 aliphatic rings. The Morgan fingerprint density at radius 2 is 2.16 bits per heavy atom. The van der Waals surface area contributed by atoms with Crippen molar-refractivity contribution in [2.24, 2.45) is 5.92 Å². The van der Waals surface area contributed by atoms with Crippen LogP contribution in [0.2, 0.25) is 0 Å². The Labute approximate surface area is 125 Å². The molecule has 2 amide bonds. The number of hydrogen-bond donors (Lipinski definition) is 3. The molecular weight excluding hydrogens is 359 g/mol. The van der Waals surface area contributed by atoms with Gasteiger partial charge in [-0.05, 0) is 53.6 Å². The third-order valence-electron chi connectivity index (χ3n) is 2.60. The van der Waals surface area contributed by atoms with Gasteiger partial charge in [-0.1, -0.05) is 13.0 Å². The number of urea groups is 1. The number of halogens is 1. The predicted molar refractivity (Wildman–Crippen MR) is 82.2 cm³/mol. The summed E-state index contributed by atoms with van der Waals surface area (Å²) >= 11 is 2.17. The van der Waals surface area contributed by atoms with Gasteiger partial charge in [0.1, 0.15) is 0 Å². The number of carbonyl (C=O) groups is 2. The fraction of sp³-hybridized carbons (Fsp3) is 0.385. The van der Waals surface area contributed by atoms with Crippen LogP contribution in [0.15, 0.2) is 24.3 Å². The molecular formula is C13H17IN2O3. The lowest BCUT2D eigenvalue weighted by atomic mass is 10.1. The minimum absolute atomic E-state index is 0.273. The molecule has 0 radical (unpaired) electrons. The lowest BCUT2D eigenvalue weighted by Gasteiger charge is -2.09. The van der Waals surface area contributed by atoms with Crippen LogP contribution in [0.1, 0.15) is 19.8 Å². The largest absolute Gasteiger partial charge is 0.481 e. The molecule has 0 saturated heterocycles. The second kappa shape index (κ2) is 7.98. The van der Waals surface area contributed by atoms with Crippen molar-refractivity contribution in [3.63, 3.8) is 0 Å². The molecule has 104 valence electrons. The van der Waals surface area contributed by atoms with Crippen LogP contribution in [0.5, 0.6) is 0 Å². The molecule has 1 atom stereocenters. The van der Waals surface area contributed by atoms with Gasteiger partial charge >= 0.3 is 12.0 Å². The Kier molecular flexibility index (Phi) is 6.61. The van der Waals surface area contributed by atoms with Crippen molar-refractivity contribution >= 4 is 40.3 Å². The van der Waals surface area contributed by atoms with Gasteiger partial charge in [-0.25, -0.2) is 4.79 Å². The molecule has 0 fully saturated rings. The highest BCUT2D eigenvalue weighted by atomic mass is 127. The topological polar surface area (TPSA) is 78.4 Å². The smallest absolute Gasteiger partial charge is 0.319 e. The number of carbonyl (C=O) groups excluding carboxylic acids is 1. The van der Waals surface area contributed by atoms with Crippen molar-refractivity contribution in [3.05, 3.63) is 27.8 Å². The van der Waals surface area contributed by atoms with Crippen molar-refractivity contribution in [2.75, 3.05) is 11.9 Å². The van der Waals surface area contributed by atoms with Gasteiger partial charge in [-0.15, -0.1) is 0 Å². The molecule has 1 aromatic rings. The van der Waals surface area contributed by atoms with Crippen molar-refractivity contribution < 1.29 is 14.7 Å². The van der Waals surface area contributed by atoms with Gasteiger partial charge in [0, 0.05) is 15.8 Å². The molecule has 1 unspecified atom stereocenters. The summed E-state index contributed by atoms with van der Waals surface area (Å²) in [5.41, 5.74) is 0.739. The standard InChI is InChI=1S/C13H17IN2O3/c1-9(12(17)18)4-3-7-15-13(19)16-11-6-2-5-10(14)8-11/h2,5-6,8-9H,3-4,7H2,1H3,(H,17,18)(H2,15,16,19). The second-order valence-corrected chi connectivity index (χ2v) is 5.52. The number of rotatable bonds is 6. The number of nitrogens with one attached hydrogen (secondary N) is 2. The molecule has 0 saturated carbocycles. The van der Waals surface area contributed by atoms with Gasteiger partial charge in [0.05, 0.1) is 5.92 Å². The summed E-state index contributed by atoms with van der Waals surface area (Å²) in [5.74, 6) is -1.18. The first-order valence-corrected chi connectivity index (χ1v) is 7.10. The Hall–Kier alpha value is -1.31. The third kappa shape index (κ3) is 6.42. The minimum Gasteiger partial charge on any atom is -0.481 e. The van der Waals surface area contributed by atoms with Crippen molar-refractivity contribution in [2.45, 2.75) is 19.8 Å². The quantitative estimate of drug-likeness (QED) is 0.528. The van der Waals surface area contributed by atoms with Gasteiger partial charge in [-0.3, -0.25) is 4.79 Å². The van der Waals surface area contributed by atoms with E-state index < -0.39 is 5.97 Å². The SMILES string of the molecule is CC(CCCNC(=O)Nc1cccc(I)c1)C(=O)O. The lowest BCUT2D eigenvalue weighted by molar-refractivity contribution is -0.141. The average molecular weight is 376 g/mol. The van der Waals surface area contributed by atoms with Gasteiger partial charge in [0.2, 0.25) is 0 Å². The van der Waals surface area contributed by atoms with Crippen LogP contribution < -0.4 is 10.6 Å². The predicted octanol–water partition coefficient (Wildman–Crippen LogP) is 2.91. The van der Waals surface area contributed by atoms with E-state index in [0.29, 0.717) is 19.4 Å². The van der Waals surface area contributed by atoms with Crippen LogP contribution >= 0.6 is 22.6 Å². The van der Waals surface area contributed by atoms with E-state index in [-0.39, 0.29) is 11.9 Å². The summed E-state index contributed by atoms with van der Waals surface area (Å²) in [5, 5.41) is 14.1. The first-order chi connectivity index (χ1) is 8.99. The molecule has 0 aromatic heterocycles. The summed E-state index contributed by atoms with van der Waals surface area (Å²) in [7, 11) is 0. The number of benzene rings is 1. The second-order valence-electron chi connectivity index (χ2n) is 4.27. The molecule has 6 heteroatoms. The maximum Gasteiger partial charge on any atom is 0.319 e. The lowest BCUT2D eigenvalue weighted by Crippen LogP contribution is -2.29. The molecule has 0 bridgehead atoms. The van der Waals surface area contributed by atoms with Crippen LogP contribution in [0.25, 0.3) is 0 Å². The van der Waals surface area contributed by atoms with E-state index in [4.69, 9.17) is 5.11 Å². The number of hydrogen-bond acceptors (Lipinski definition) is 2. The monoisotopic (exact) mass is 376 g/mol. The maximum atomic E-state index is 11.6. The van der Waals surface area contributed by atoms with Crippen molar-refractivity contribution in [1.82, 2.24) is 5.32 Å². The Morgan fingerprint density at radius 1 is 1.42 bits per heavy atom. The first kappa shape index (κ1) is 15.7. The zero-order valence-corrected chi connectivity index (χ0v) is 12.8. The van der Waals surface area contributed by atoms with E-state index in [9.17, 15) is 9.59 Å². The molecule has 5 nitrogen and oxygen atoms in total. The summed E-state index contributed by atoms with van der Waals surface area (Å²) in [4.78, 5) is 22.2. The highest BCUT2D eigenvalue weighted by Gasteiger charge is 2.10. The molecule has 0 heterocycles. The van der Waals surface area contributed by atoms with E-state index in [1.807, 2.05) is 24.3 Å². The molecule has 1 aromatic carbocycles. The Balaban J connectivity index is 2.23. The molecule has 0 spiro atoms. The summed E-state index contributed by atoms with van der Waals surface area (Å²) in [6.45, 7) is 2.13. The number of aliphatic carboxylic acids is 1. The normalized spacial score (nSPS) is 11.7. The summed E-state index contributed by atoms with van der Waals surface area (Å²) in [6.07, 6.45) is 1.20. The zero-order chi connectivity index (χ0) is 14.3. The van der Waals surface area contributed by atoms with Gasteiger partial charge < -0.3 is 15.7 Å². The molecule has 1 rings (SSSR count). The number of anilines is 1. The Bertz CT molecular complexity index is 451. The van der Waals surface area contributed by atoms with Crippen LogP contribution in [0.3, 0.4) is 0 Å². The van der Waals surface area contributed by atoms with Crippen LogP contribution in [-0.2, 0) is 4.79 Å². The number of amides is 2. The average Bonchev–Trinajstić information content (AvgIpc) is 2.34. The number of carboxylic acids is 1. The molecule has 0 aliphatic carbocycles. The van der Waals surface area contributed by atoms with Crippen LogP contribution in [-0.4, -0.2) is 23.7 Å². The first-order valence-electron chi connectivity index (χ1n) is 6.02. The number of carboxylic acid groups (broad SMARTS) is 1. The minimum atomic E-state index is -0.802. The summed E-state index contributed by atoms with van der Waals surface area (Å²) < 4.78 is 1.05. The fourth-order valence-corrected chi connectivity index (χ4v) is 2.02. The van der Waals surface area contributed by atoms with E-state index in [1.165, 1.54) is 0 Å². The van der Waals surface area contributed by atoms with E-state index in [1.54, 1.807) is 6.92 Å². The van der Waals surface area contributed by atoms with E-state index in [0.717, 1.165) is 9.26 Å². The molecule has 19 heavy (non-hydrogen) atoms. The molecule has 3 N–H and O–H groups in total. The fourth-order valence-electron chi connectivity index (χ4n) is 1.48. The van der Waals surface area contributed by atoms with Crippen molar-refractivity contribution in [1.29, 1.82) is 0 Å². The highest BCUT2D eigenvalue weighted by Crippen LogP contribution is 2.12. The van der Waals surface area contributed by atoms with Gasteiger partial charge in [-0.2, -0.15) is 0 Å². The van der Waals surface area contributed by atoms with Crippen LogP contribution in [0, 0.1) is 9.49 Å². The molecule has 0 aliphatic heterocycles. The van der Waals surface area contributed by atoms with Gasteiger partial charge in [0.15, 0.2) is 0 Å². The maximum absolute atomic E-state index is 11.6.